The van der Waals surface area contributed by atoms with E-state index in [1.807, 2.05) is 30.1 Å². The molecule has 0 fully saturated rings. The number of benzene rings is 1. The second-order valence-corrected chi connectivity index (χ2v) is 6.53. The Morgan fingerprint density at radius 2 is 1.90 bits per heavy atom. The van der Waals surface area contributed by atoms with Crippen LogP contribution in [-0.4, -0.2) is 28.9 Å². The topological polar surface area (TPSA) is 36.1 Å². The first-order valence-corrected chi connectivity index (χ1v) is 7.67. The van der Waals surface area contributed by atoms with Crippen molar-refractivity contribution < 1.29 is 4.79 Å². The van der Waals surface area contributed by atoms with Crippen LogP contribution in [0.2, 0.25) is 0 Å². The molecular formula is C18H26N2O. The van der Waals surface area contributed by atoms with Crippen molar-refractivity contribution in [2.75, 3.05) is 7.05 Å². The zero-order valence-corrected chi connectivity index (χ0v) is 13.9. The summed E-state index contributed by atoms with van der Waals surface area (Å²) in [5, 5.41) is 1.14. The molecule has 1 N–H and O–H groups in total. The number of aromatic nitrogens is 1. The third-order valence-corrected chi connectivity index (χ3v) is 4.35. The van der Waals surface area contributed by atoms with E-state index in [0.29, 0.717) is 5.92 Å². The third-order valence-electron chi connectivity index (χ3n) is 4.35. The van der Waals surface area contributed by atoms with Gasteiger partial charge >= 0.3 is 0 Å². The molecule has 21 heavy (non-hydrogen) atoms. The highest BCUT2D eigenvalue weighted by Crippen LogP contribution is 2.23. The molecule has 1 aromatic carbocycles. The first-order valence-electron chi connectivity index (χ1n) is 7.67. The Morgan fingerprint density at radius 3 is 2.52 bits per heavy atom. The number of nitrogens with zero attached hydrogens (tertiary/aromatic N) is 1. The van der Waals surface area contributed by atoms with E-state index in [4.69, 9.17) is 0 Å². The number of aromatic amines is 1. The van der Waals surface area contributed by atoms with Gasteiger partial charge in [0.25, 0.3) is 5.91 Å². The predicted octanol–water partition coefficient (Wildman–Crippen LogP) is 4.29. The summed E-state index contributed by atoms with van der Waals surface area (Å²) in [6.07, 6.45) is 1.02. The lowest BCUT2D eigenvalue weighted by molar-refractivity contribution is 0.0728. The third kappa shape index (κ3) is 3.12. The van der Waals surface area contributed by atoms with Crippen LogP contribution in [0.5, 0.6) is 0 Å². The lowest BCUT2D eigenvalue weighted by Crippen LogP contribution is -2.35. The number of aryl methyl sites for hydroxylation is 2. The fourth-order valence-electron chi connectivity index (χ4n) is 2.84. The van der Waals surface area contributed by atoms with Crippen molar-refractivity contribution in [2.24, 2.45) is 5.92 Å². The molecule has 0 saturated heterocycles. The second-order valence-electron chi connectivity index (χ2n) is 6.53. The van der Waals surface area contributed by atoms with Crippen molar-refractivity contribution >= 4 is 16.8 Å². The lowest BCUT2D eigenvalue weighted by atomic mass is 10.0. The van der Waals surface area contributed by atoms with E-state index in [0.717, 1.165) is 28.6 Å². The fourth-order valence-corrected chi connectivity index (χ4v) is 2.84. The standard InChI is InChI=1S/C18H26N2O/c1-11(2)9-12(3)20(6)18(21)15-7-8-17-16(10-15)13(4)14(5)19-17/h7-8,10-12,19H,9H2,1-6H3/t12-/m1/s1. The second kappa shape index (κ2) is 5.92. The van der Waals surface area contributed by atoms with Crippen LogP contribution >= 0.6 is 0 Å². The number of carbonyl (C=O) groups is 1. The highest BCUT2D eigenvalue weighted by atomic mass is 16.2. The number of hydrogen-bond donors (Lipinski definition) is 1. The van der Waals surface area contributed by atoms with Crippen LogP contribution in [0.4, 0.5) is 0 Å². The molecule has 0 bridgehead atoms. The molecule has 0 saturated carbocycles. The summed E-state index contributed by atoms with van der Waals surface area (Å²) in [6.45, 7) is 10.6. The van der Waals surface area contributed by atoms with Crippen molar-refractivity contribution in [1.82, 2.24) is 9.88 Å². The van der Waals surface area contributed by atoms with Crippen LogP contribution in [0.25, 0.3) is 10.9 Å². The molecule has 0 radical (unpaired) electrons. The number of H-pyrrole nitrogens is 1. The van der Waals surface area contributed by atoms with Crippen molar-refractivity contribution in [2.45, 2.75) is 47.1 Å². The van der Waals surface area contributed by atoms with Crippen molar-refractivity contribution in [3.05, 3.63) is 35.0 Å². The van der Waals surface area contributed by atoms with E-state index in [2.05, 4.69) is 39.6 Å². The Morgan fingerprint density at radius 1 is 1.24 bits per heavy atom. The van der Waals surface area contributed by atoms with Crippen LogP contribution in [0, 0.1) is 19.8 Å². The van der Waals surface area contributed by atoms with Gasteiger partial charge in [-0.3, -0.25) is 4.79 Å². The minimum absolute atomic E-state index is 0.100. The Labute approximate surface area is 127 Å². The van der Waals surface area contributed by atoms with Crippen LogP contribution in [0.1, 0.15) is 48.8 Å². The molecule has 3 nitrogen and oxygen atoms in total. The van der Waals surface area contributed by atoms with Crippen molar-refractivity contribution in [3.8, 4) is 0 Å². The summed E-state index contributed by atoms with van der Waals surface area (Å²) in [5.41, 5.74) is 4.25. The van der Waals surface area contributed by atoms with Gasteiger partial charge in [0.05, 0.1) is 0 Å². The Balaban J connectivity index is 2.28. The maximum atomic E-state index is 12.6. The number of fused-ring (bicyclic) bond motifs is 1. The summed E-state index contributed by atoms with van der Waals surface area (Å²) >= 11 is 0. The summed E-state index contributed by atoms with van der Waals surface area (Å²) < 4.78 is 0. The molecule has 1 aromatic heterocycles. The molecule has 0 aliphatic rings. The lowest BCUT2D eigenvalue weighted by Gasteiger charge is -2.26. The molecule has 1 atom stereocenters. The van der Waals surface area contributed by atoms with Gasteiger partial charge < -0.3 is 9.88 Å². The largest absolute Gasteiger partial charge is 0.358 e. The van der Waals surface area contributed by atoms with E-state index < -0.39 is 0 Å². The monoisotopic (exact) mass is 286 g/mol. The van der Waals surface area contributed by atoms with Crippen LogP contribution in [-0.2, 0) is 0 Å². The maximum absolute atomic E-state index is 12.6. The Hall–Kier alpha value is -1.77. The zero-order chi connectivity index (χ0) is 15.7. The summed E-state index contributed by atoms with van der Waals surface area (Å²) in [5.74, 6) is 0.690. The molecule has 1 heterocycles. The minimum Gasteiger partial charge on any atom is -0.358 e. The van der Waals surface area contributed by atoms with E-state index >= 15 is 0 Å². The quantitative estimate of drug-likeness (QED) is 0.894. The molecular weight excluding hydrogens is 260 g/mol. The molecule has 3 heteroatoms. The first kappa shape index (κ1) is 15.6. The first-order chi connectivity index (χ1) is 9.81. The predicted molar refractivity (Wildman–Crippen MR) is 88.8 cm³/mol. The average Bonchev–Trinajstić information content (AvgIpc) is 2.71. The summed E-state index contributed by atoms with van der Waals surface area (Å²) in [7, 11) is 1.90. The van der Waals surface area contributed by atoms with E-state index in [9.17, 15) is 4.79 Å². The van der Waals surface area contributed by atoms with Crippen LogP contribution in [0.15, 0.2) is 18.2 Å². The Kier molecular flexibility index (Phi) is 4.40. The van der Waals surface area contributed by atoms with Crippen molar-refractivity contribution in [1.29, 1.82) is 0 Å². The van der Waals surface area contributed by atoms with Gasteiger partial charge in [-0.1, -0.05) is 13.8 Å². The smallest absolute Gasteiger partial charge is 0.253 e. The van der Waals surface area contributed by atoms with Gasteiger partial charge in [-0.15, -0.1) is 0 Å². The van der Waals surface area contributed by atoms with Crippen LogP contribution in [0.3, 0.4) is 0 Å². The highest BCUT2D eigenvalue weighted by Gasteiger charge is 2.19. The number of carbonyl (C=O) groups excluding carboxylic acids is 1. The van der Waals surface area contributed by atoms with Gasteiger partial charge in [-0.2, -0.15) is 0 Å². The van der Waals surface area contributed by atoms with E-state index in [1.165, 1.54) is 5.56 Å². The summed E-state index contributed by atoms with van der Waals surface area (Å²) in [6, 6.07) is 6.18. The molecule has 0 aliphatic carbocycles. The minimum atomic E-state index is 0.100. The van der Waals surface area contributed by atoms with Gasteiger partial charge in [0.2, 0.25) is 0 Å². The van der Waals surface area contributed by atoms with Gasteiger partial charge in [0.15, 0.2) is 0 Å². The molecule has 1 amide bonds. The van der Waals surface area contributed by atoms with Gasteiger partial charge in [0.1, 0.15) is 0 Å². The SMILES string of the molecule is Cc1[nH]c2ccc(C(=O)N(C)[C@H](C)CC(C)C)cc2c1C. The molecule has 2 aromatic rings. The number of rotatable bonds is 4. The normalized spacial score (nSPS) is 12.9. The van der Waals surface area contributed by atoms with Gasteiger partial charge in [0, 0.05) is 35.2 Å². The number of amides is 1. The van der Waals surface area contributed by atoms with E-state index in [-0.39, 0.29) is 11.9 Å². The molecule has 2 rings (SSSR count). The zero-order valence-electron chi connectivity index (χ0n) is 13.9. The van der Waals surface area contributed by atoms with Crippen molar-refractivity contribution in [3.63, 3.8) is 0 Å². The van der Waals surface area contributed by atoms with Gasteiger partial charge in [-0.05, 0) is 56.9 Å². The van der Waals surface area contributed by atoms with Gasteiger partial charge in [-0.25, -0.2) is 0 Å². The maximum Gasteiger partial charge on any atom is 0.253 e. The highest BCUT2D eigenvalue weighted by molar-refractivity contribution is 5.99. The van der Waals surface area contributed by atoms with E-state index in [1.54, 1.807) is 0 Å². The average molecular weight is 286 g/mol. The fraction of sp³-hybridized carbons (Fsp3) is 0.500. The van der Waals surface area contributed by atoms with Crippen LogP contribution < -0.4 is 0 Å². The summed E-state index contributed by atoms with van der Waals surface area (Å²) in [4.78, 5) is 17.8. The molecule has 0 unspecified atom stereocenters. The molecule has 0 aliphatic heterocycles. The Bertz CT molecular complexity index is 655. The molecule has 114 valence electrons. The number of nitrogens with one attached hydrogen (secondary N) is 1. The molecule has 0 spiro atoms. The number of hydrogen-bond acceptors (Lipinski definition) is 1.